The van der Waals surface area contributed by atoms with Crippen molar-refractivity contribution in [2.75, 3.05) is 26.6 Å². The van der Waals surface area contributed by atoms with Gasteiger partial charge in [-0.2, -0.15) is 8.78 Å². The maximum Gasteiger partial charge on any atom is 0.330 e. The van der Waals surface area contributed by atoms with Gasteiger partial charge in [0.25, 0.3) is 0 Å². The second-order valence-electron chi connectivity index (χ2n) is 2.85. The lowest BCUT2D eigenvalue weighted by Gasteiger charge is -2.16. The smallest absolute Gasteiger partial charge is 0.330 e. The van der Waals surface area contributed by atoms with E-state index in [1.165, 1.54) is 0 Å². The fourth-order valence-electron chi connectivity index (χ4n) is 0.858. The SMILES string of the molecule is FC(F)C(F)(F)COCC1COCO1. The standard InChI is InChI=1S/C7H10F4O3/c8-6(9)7(10,11)3-12-1-5-2-13-4-14-5/h5-6H,1-4H2. The average molecular weight is 218 g/mol. The van der Waals surface area contributed by atoms with Crippen LogP contribution in [0, 0.1) is 0 Å². The highest BCUT2D eigenvalue weighted by atomic mass is 19.3. The van der Waals surface area contributed by atoms with E-state index >= 15 is 0 Å². The van der Waals surface area contributed by atoms with E-state index in [4.69, 9.17) is 9.47 Å². The van der Waals surface area contributed by atoms with Crippen LogP contribution in [0.5, 0.6) is 0 Å². The van der Waals surface area contributed by atoms with Gasteiger partial charge in [-0.1, -0.05) is 0 Å². The van der Waals surface area contributed by atoms with E-state index in [2.05, 4.69) is 4.74 Å². The fraction of sp³-hybridized carbons (Fsp3) is 1.00. The van der Waals surface area contributed by atoms with Crippen LogP contribution < -0.4 is 0 Å². The van der Waals surface area contributed by atoms with E-state index in [0.717, 1.165) is 0 Å². The Balaban J connectivity index is 2.13. The van der Waals surface area contributed by atoms with Gasteiger partial charge in [0, 0.05) is 0 Å². The normalized spacial score (nSPS) is 23.4. The van der Waals surface area contributed by atoms with Gasteiger partial charge in [-0.25, -0.2) is 8.78 Å². The van der Waals surface area contributed by atoms with Crippen molar-refractivity contribution in [3.05, 3.63) is 0 Å². The van der Waals surface area contributed by atoms with Crippen molar-refractivity contribution in [2.24, 2.45) is 0 Å². The molecular formula is C7H10F4O3. The van der Waals surface area contributed by atoms with Crippen LogP contribution in [-0.4, -0.2) is 45.1 Å². The highest BCUT2D eigenvalue weighted by molar-refractivity contribution is 4.68. The first kappa shape index (κ1) is 11.7. The van der Waals surface area contributed by atoms with E-state index in [1.54, 1.807) is 0 Å². The van der Waals surface area contributed by atoms with E-state index in [1.807, 2.05) is 0 Å². The van der Waals surface area contributed by atoms with Crippen LogP contribution in [0.2, 0.25) is 0 Å². The van der Waals surface area contributed by atoms with Crippen molar-refractivity contribution >= 4 is 0 Å². The third-order valence-electron chi connectivity index (χ3n) is 1.61. The zero-order chi connectivity index (χ0) is 10.6. The molecule has 0 spiro atoms. The van der Waals surface area contributed by atoms with Crippen molar-refractivity contribution in [1.82, 2.24) is 0 Å². The largest absolute Gasteiger partial charge is 0.372 e. The van der Waals surface area contributed by atoms with Gasteiger partial charge >= 0.3 is 12.3 Å². The molecule has 1 heterocycles. The van der Waals surface area contributed by atoms with Crippen molar-refractivity contribution in [2.45, 2.75) is 18.5 Å². The molecule has 1 atom stereocenters. The third kappa shape index (κ3) is 3.39. The molecule has 1 aliphatic rings. The van der Waals surface area contributed by atoms with Crippen LogP contribution in [0.3, 0.4) is 0 Å². The molecule has 1 unspecified atom stereocenters. The highest BCUT2D eigenvalue weighted by Gasteiger charge is 2.41. The summed E-state index contributed by atoms with van der Waals surface area (Å²) in [5, 5.41) is 0. The molecule has 0 aromatic carbocycles. The number of rotatable bonds is 5. The molecule has 0 aromatic heterocycles. The Hall–Kier alpha value is -0.400. The highest BCUT2D eigenvalue weighted by Crippen LogP contribution is 2.23. The summed E-state index contributed by atoms with van der Waals surface area (Å²) in [4.78, 5) is 0. The molecular weight excluding hydrogens is 208 g/mol. The molecule has 1 fully saturated rings. The number of ether oxygens (including phenoxy) is 3. The Morgan fingerprint density at radius 2 is 2.14 bits per heavy atom. The molecule has 0 bridgehead atoms. The molecule has 0 N–H and O–H groups in total. The monoisotopic (exact) mass is 218 g/mol. The quantitative estimate of drug-likeness (QED) is 0.650. The van der Waals surface area contributed by atoms with Gasteiger partial charge < -0.3 is 14.2 Å². The number of hydrogen-bond donors (Lipinski definition) is 0. The Bertz CT molecular complexity index is 170. The van der Waals surface area contributed by atoms with Gasteiger partial charge in [0.2, 0.25) is 0 Å². The van der Waals surface area contributed by atoms with Crippen LogP contribution >= 0.6 is 0 Å². The predicted molar refractivity (Wildman–Crippen MR) is 37.5 cm³/mol. The molecule has 1 rings (SSSR count). The van der Waals surface area contributed by atoms with Gasteiger partial charge in [0.05, 0.1) is 13.2 Å². The number of hydrogen-bond acceptors (Lipinski definition) is 3. The van der Waals surface area contributed by atoms with E-state index in [0.29, 0.717) is 0 Å². The summed E-state index contributed by atoms with van der Waals surface area (Å²) >= 11 is 0. The Kier molecular flexibility index (Phi) is 4.09. The van der Waals surface area contributed by atoms with Crippen LogP contribution in [0.15, 0.2) is 0 Å². The van der Waals surface area contributed by atoms with Gasteiger partial charge in [-0.15, -0.1) is 0 Å². The Morgan fingerprint density at radius 1 is 1.43 bits per heavy atom. The van der Waals surface area contributed by atoms with Crippen LogP contribution in [0.1, 0.15) is 0 Å². The van der Waals surface area contributed by atoms with Crippen LogP contribution in [0.4, 0.5) is 17.6 Å². The molecule has 0 aliphatic carbocycles. The number of alkyl halides is 4. The number of halogens is 4. The summed E-state index contributed by atoms with van der Waals surface area (Å²) in [5.74, 6) is -4.10. The van der Waals surface area contributed by atoms with Crippen molar-refractivity contribution in [3.63, 3.8) is 0 Å². The lowest BCUT2D eigenvalue weighted by Crippen LogP contribution is -2.34. The molecule has 0 aromatic rings. The van der Waals surface area contributed by atoms with Gasteiger partial charge in [-0.3, -0.25) is 0 Å². The second kappa shape index (κ2) is 4.90. The van der Waals surface area contributed by atoms with Crippen molar-refractivity contribution < 1.29 is 31.8 Å². The zero-order valence-electron chi connectivity index (χ0n) is 7.22. The second-order valence-corrected chi connectivity index (χ2v) is 2.85. The minimum absolute atomic E-state index is 0.0826. The van der Waals surface area contributed by atoms with E-state index < -0.39 is 25.1 Å². The van der Waals surface area contributed by atoms with Crippen LogP contribution in [0.25, 0.3) is 0 Å². The lowest BCUT2D eigenvalue weighted by atomic mass is 10.3. The minimum Gasteiger partial charge on any atom is -0.372 e. The lowest BCUT2D eigenvalue weighted by molar-refractivity contribution is -0.170. The van der Waals surface area contributed by atoms with E-state index in [-0.39, 0.29) is 20.0 Å². The summed E-state index contributed by atoms with van der Waals surface area (Å²) in [7, 11) is 0. The molecule has 1 aliphatic heterocycles. The zero-order valence-corrected chi connectivity index (χ0v) is 7.22. The van der Waals surface area contributed by atoms with Gasteiger partial charge in [-0.05, 0) is 0 Å². The molecule has 0 radical (unpaired) electrons. The first-order valence-electron chi connectivity index (χ1n) is 3.95. The predicted octanol–water partition coefficient (Wildman–Crippen LogP) is 1.28. The molecule has 1 saturated heterocycles. The Labute approximate surface area is 77.9 Å². The molecule has 84 valence electrons. The topological polar surface area (TPSA) is 27.7 Å². The molecule has 0 amide bonds. The summed E-state index contributed by atoms with van der Waals surface area (Å²) in [6, 6.07) is 0. The summed E-state index contributed by atoms with van der Waals surface area (Å²) < 4.78 is 61.8. The molecule has 3 nitrogen and oxygen atoms in total. The maximum absolute atomic E-state index is 12.3. The third-order valence-corrected chi connectivity index (χ3v) is 1.61. The summed E-state index contributed by atoms with van der Waals surface area (Å²) in [6.07, 6.45) is -4.15. The minimum atomic E-state index is -4.10. The molecule has 14 heavy (non-hydrogen) atoms. The average Bonchev–Trinajstić information content (AvgIpc) is 2.56. The molecule has 7 heteroatoms. The Morgan fingerprint density at radius 3 is 2.64 bits per heavy atom. The first-order valence-corrected chi connectivity index (χ1v) is 3.95. The van der Waals surface area contributed by atoms with Crippen LogP contribution in [-0.2, 0) is 14.2 Å². The van der Waals surface area contributed by atoms with Crippen molar-refractivity contribution in [1.29, 1.82) is 0 Å². The van der Waals surface area contributed by atoms with E-state index in [9.17, 15) is 17.6 Å². The van der Waals surface area contributed by atoms with Crippen molar-refractivity contribution in [3.8, 4) is 0 Å². The van der Waals surface area contributed by atoms with Gasteiger partial charge in [0.1, 0.15) is 19.5 Å². The summed E-state index contributed by atoms with van der Waals surface area (Å²) in [6.45, 7) is -1.15. The fourth-order valence-corrected chi connectivity index (χ4v) is 0.858. The first-order chi connectivity index (χ1) is 6.52. The molecule has 0 saturated carbocycles. The van der Waals surface area contributed by atoms with Gasteiger partial charge in [0.15, 0.2) is 0 Å². The maximum atomic E-state index is 12.3. The summed E-state index contributed by atoms with van der Waals surface area (Å²) in [5.41, 5.74) is 0.